The zero-order valence-corrected chi connectivity index (χ0v) is 15.2. The Balaban J connectivity index is 2.25. The van der Waals surface area contributed by atoms with Gasteiger partial charge in [0.05, 0.1) is 23.0 Å². The predicted molar refractivity (Wildman–Crippen MR) is 81.5 cm³/mol. The van der Waals surface area contributed by atoms with Gasteiger partial charge in [-0.2, -0.15) is 9.78 Å². The second-order valence-electron chi connectivity index (χ2n) is 7.88. The van der Waals surface area contributed by atoms with Gasteiger partial charge in [0.1, 0.15) is 0 Å². The Labute approximate surface area is 142 Å². The van der Waals surface area contributed by atoms with E-state index in [9.17, 15) is 9.59 Å². The lowest BCUT2D eigenvalue weighted by molar-refractivity contribution is -0.516. The number of rotatable bonds is 6. The molecule has 0 atom stereocenters. The van der Waals surface area contributed by atoms with E-state index in [0.717, 1.165) is 0 Å². The second-order valence-corrected chi connectivity index (χ2v) is 7.88. The van der Waals surface area contributed by atoms with Crippen LogP contribution in [-0.4, -0.2) is 23.1 Å². The molecule has 1 fully saturated rings. The quantitative estimate of drug-likeness (QED) is 0.534. The third-order valence-corrected chi connectivity index (χ3v) is 3.19. The van der Waals surface area contributed by atoms with E-state index in [0.29, 0.717) is 25.7 Å². The summed E-state index contributed by atoms with van der Waals surface area (Å²) in [5, 5.41) is 8.99. The first-order chi connectivity index (χ1) is 11.0. The van der Waals surface area contributed by atoms with Crippen LogP contribution in [0.4, 0.5) is 0 Å². The van der Waals surface area contributed by atoms with Crippen molar-refractivity contribution >= 4 is 11.9 Å². The lowest BCUT2D eigenvalue weighted by atomic mass is 9.82. The molecule has 0 aromatic heterocycles. The first kappa shape index (κ1) is 20.8. The largest absolute Gasteiger partial charge is 0.348 e. The fourth-order valence-electron chi connectivity index (χ4n) is 2.01. The Morgan fingerprint density at radius 1 is 0.667 bits per heavy atom. The Morgan fingerprint density at radius 2 is 0.958 bits per heavy atom. The highest BCUT2D eigenvalue weighted by Gasteiger charge is 2.33. The van der Waals surface area contributed by atoms with Crippen LogP contribution in [-0.2, 0) is 39.2 Å². The van der Waals surface area contributed by atoms with Gasteiger partial charge in [0.25, 0.3) is 0 Å². The van der Waals surface area contributed by atoms with Crippen molar-refractivity contribution in [2.45, 2.75) is 78.4 Å². The first-order valence-electron chi connectivity index (χ1n) is 8.10. The lowest BCUT2D eigenvalue weighted by Crippen LogP contribution is -2.30. The highest BCUT2D eigenvalue weighted by Crippen LogP contribution is 2.30. The molecule has 1 aliphatic carbocycles. The third-order valence-electron chi connectivity index (χ3n) is 3.19. The molecule has 0 radical (unpaired) electrons. The van der Waals surface area contributed by atoms with E-state index >= 15 is 0 Å². The number of carbonyl (C=O) groups is 2. The Morgan fingerprint density at radius 3 is 1.21 bits per heavy atom. The first-order valence-corrected chi connectivity index (χ1v) is 8.10. The van der Waals surface area contributed by atoms with E-state index in [2.05, 4.69) is 19.9 Å². The van der Waals surface area contributed by atoms with Crippen molar-refractivity contribution < 1.29 is 39.2 Å². The molecule has 0 unspecified atom stereocenters. The van der Waals surface area contributed by atoms with E-state index in [1.807, 2.05) is 0 Å². The normalized spacial score (nSPS) is 22.1. The van der Waals surface area contributed by atoms with Crippen molar-refractivity contribution in [1.29, 1.82) is 0 Å². The van der Waals surface area contributed by atoms with Gasteiger partial charge >= 0.3 is 11.9 Å². The Bertz CT molecular complexity index is 373. The summed E-state index contributed by atoms with van der Waals surface area (Å²) in [5.41, 5.74) is -1.15. The van der Waals surface area contributed by atoms with Crippen LogP contribution in [0.1, 0.15) is 67.2 Å². The van der Waals surface area contributed by atoms with Crippen LogP contribution in [0.3, 0.4) is 0 Å². The minimum Gasteiger partial charge on any atom is -0.269 e. The van der Waals surface area contributed by atoms with Crippen LogP contribution < -0.4 is 0 Å². The molecular formula is C16H28O8. The SMILES string of the molecule is CC(C)(C)OOOC(=O)C1CCC(C(=O)OOOC(C)(C)C)CC1. The molecule has 0 aliphatic heterocycles. The summed E-state index contributed by atoms with van der Waals surface area (Å²) in [5.74, 6) is -1.66. The average Bonchev–Trinajstić information content (AvgIpc) is 2.44. The molecule has 8 heteroatoms. The summed E-state index contributed by atoms with van der Waals surface area (Å²) in [7, 11) is 0. The van der Waals surface area contributed by atoms with Crippen molar-refractivity contribution in [3.8, 4) is 0 Å². The highest BCUT2D eigenvalue weighted by molar-refractivity contribution is 5.74. The summed E-state index contributed by atoms with van der Waals surface area (Å²) < 4.78 is 0. The molecule has 0 bridgehead atoms. The van der Waals surface area contributed by atoms with Gasteiger partial charge in [-0.15, -0.1) is 0 Å². The summed E-state index contributed by atoms with van der Waals surface area (Å²) in [6, 6.07) is 0. The molecular weight excluding hydrogens is 320 g/mol. The molecule has 0 aromatic rings. The van der Waals surface area contributed by atoms with Crippen molar-refractivity contribution in [2.75, 3.05) is 0 Å². The van der Waals surface area contributed by atoms with E-state index < -0.39 is 23.1 Å². The van der Waals surface area contributed by atoms with Gasteiger partial charge < -0.3 is 0 Å². The molecule has 1 saturated carbocycles. The number of carbonyl (C=O) groups excluding carboxylic acids is 2. The van der Waals surface area contributed by atoms with E-state index in [4.69, 9.17) is 9.78 Å². The standard InChI is InChI=1S/C16H28O8/c1-15(2,3)21-23-19-13(17)11-7-9-12(10-8-11)14(18)20-24-22-16(4,5)6/h11-12H,7-10H2,1-6H3. The third kappa shape index (κ3) is 8.58. The predicted octanol–water partition coefficient (Wildman–Crippen LogP) is 3.20. The average molecular weight is 348 g/mol. The second kappa shape index (κ2) is 8.75. The zero-order valence-electron chi connectivity index (χ0n) is 15.2. The fraction of sp³-hybridized carbons (Fsp3) is 0.875. The Kier molecular flexibility index (Phi) is 7.59. The maximum atomic E-state index is 11.9. The van der Waals surface area contributed by atoms with Gasteiger partial charge in [0.2, 0.25) is 0 Å². The van der Waals surface area contributed by atoms with Gasteiger partial charge in [0.15, 0.2) is 0 Å². The molecule has 0 spiro atoms. The minimum atomic E-state index is -0.573. The number of hydrogen-bond acceptors (Lipinski definition) is 8. The van der Waals surface area contributed by atoms with Gasteiger partial charge in [0, 0.05) is 0 Å². The molecule has 0 saturated heterocycles. The lowest BCUT2D eigenvalue weighted by Gasteiger charge is -2.25. The summed E-state index contributed by atoms with van der Waals surface area (Å²) in [6.45, 7) is 10.6. The van der Waals surface area contributed by atoms with Gasteiger partial charge in [-0.05, 0) is 77.3 Å². The topological polar surface area (TPSA) is 89.5 Å². The van der Waals surface area contributed by atoms with Crippen molar-refractivity contribution in [2.24, 2.45) is 11.8 Å². The van der Waals surface area contributed by atoms with Crippen LogP contribution in [0.25, 0.3) is 0 Å². The molecule has 24 heavy (non-hydrogen) atoms. The van der Waals surface area contributed by atoms with E-state index in [1.165, 1.54) is 0 Å². The molecule has 1 rings (SSSR count). The maximum absolute atomic E-state index is 11.9. The molecule has 8 nitrogen and oxygen atoms in total. The zero-order chi connectivity index (χ0) is 18.4. The minimum absolute atomic E-state index is 0.329. The van der Waals surface area contributed by atoms with Gasteiger partial charge in [-0.1, -0.05) is 0 Å². The maximum Gasteiger partial charge on any atom is 0.348 e. The highest BCUT2D eigenvalue weighted by atomic mass is 17.5. The van der Waals surface area contributed by atoms with Crippen LogP contribution in [0.15, 0.2) is 0 Å². The van der Waals surface area contributed by atoms with Crippen LogP contribution in [0.2, 0.25) is 0 Å². The smallest absolute Gasteiger partial charge is 0.269 e. The van der Waals surface area contributed by atoms with Gasteiger partial charge in [-0.25, -0.2) is 9.59 Å². The molecule has 140 valence electrons. The van der Waals surface area contributed by atoms with Crippen molar-refractivity contribution in [3.05, 3.63) is 0 Å². The molecule has 0 heterocycles. The number of hydrogen-bond donors (Lipinski definition) is 0. The van der Waals surface area contributed by atoms with Crippen molar-refractivity contribution in [3.63, 3.8) is 0 Å². The summed E-state index contributed by atoms with van der Waals surface area (Å²) in [6.07, 6.45) is 1.99. The van der Waals surface area contributed by atoms with Crippen molar-refractivity contribution in [1.82, 2.24) is 0 Å². The summed E-state index contributed by atoms with van der Waals surface area (Å²) >= 11 is 0. The van der Waals surface area contributed by atoms with E-state index in [-0.39, 0.29) is 11.8 Å². The monoisotopic (exact) mass is 348 g/mol. The van der Waals surface area contributed by atoms with Crippen LogP contribution >= 0.6 is 0 Å². The molecule has 0 aromatic carbocycles. The summed E-state index contributed by atoms with van der Waals surface area (Å²) in [4.78, 5) is 42.7. The fourth-order valence-corrected chi connectivity index (χ4v) is 2.01. The van der Waals surface area contributed by atoms with Crippen LogP contribution in [0, 0.1) is 11.8 Å². The Hall–Kier alpha value is -1.22. The molecule has 0 N–H and O–H groups in total. The molecule has 1 aliphatic rings. The van der Waals surface area contributed by atoms with Crippen LogP contribution in [0.5, 0.6) is 0 Å². The molecule has 0 amide bonds. The van der Waals surface area contributed by atoms with E-state index in [1.54, 1.807) is 41.5 Å². The van der Waals surface area contributed by atoms with Gasteiger partial charge in [-0.3, -0.25) is 9.78 Å².